The molecule has 0 saturated carbocycles. The van der Waals surface area contributed by atoms with E-state index in [9.17, 15) is 8.42 Å². The minimum absolute atomic E-state index is 0.132. The van der Waals surface area contributed by atoms with Crippen molar-refractivity contribution in [3.8, 4) is 5.75 Å². The van der Waals surface area contributed by atoms with Crippen molar-refractivity contribution in [1.29, 1.82) is 0 Å². The van der Waals surface area contributed by atoms with Gasteiger partial charge in [0.1, 0.15) is 11.0 Å². The van der Waals surface area contributed by atoms with Crippen LogP contribution in [-0.2, 0) is 19.6 Å². The molecule has 0 spiro atoms. The fourth-order valence-corrected chi connectivity index (χ4v) is 4.17. The Morgan fingerprint density at radius 1 is 1.30 bits per heavy atom. The average molecular weight is 344 g/mol. The first kappa shape index (κ1) is 18.2. The Labute approximate surface area is 137 Å². The number of benzene rings is 1. The zero-order valence-corrected chi connectivity index (χ0v) is 14.5. The van der Waals surface area contributed by atoms with Crippen LogP contribution in [0.25, 0.3) is 0 Å². The van der Waals surface area contributed by atoms with Crippen molar-refractivity contribution >= 4 is 10.0 Å². The smallest absolute Gasteiger partial charge is 0.218 e. The second-order valence-corrected chi connectivity index (χ2v) is 7.37. The molecule has 2 unspecified atom stereocenters. The first-order valence-electron chi connectivity index (χ1n) is 7.46. The first-order valence-corrected chi connectivity index (χ1v) is 9.01. The molecule has 0 aliphatic carbocycles. The number of ether oxygens (including phenoxy) is 2. The molecule has 1 heterocycles. The van der Waals surface area contributed by atoms with Crippen molar-refractivity contribution in [2.75, 3.05) is 41.0 Å². The second kappa shape index (κ2) is 8.07. The van der Waals surface area contributed by atoms with Gasteiger partial charge >= 0.3 is 0 Å². The fraction of sp³-hybridized carbons (Fsp3) is 0.600. The molecule has 0 bridgehead atoms. The fourth-order valence-electron chi connectivity index (χ4n) is 2.62. The van der Waals surface area contributed by atoms with Gasteiger partial charge in [-0.3, -0.25) is 4.84 Å². The lowest BCUT2D eigenvalue weighted by Gasteiger charge is -2.23. The summed E-state index contributed by atoms with van der Waals surface area (Å²) in [6.45, 7) is 1.00. The number of hydrogen-bond acceptors (Lipinski definition) is 6. The molecule has 1 fully saturated rings. The lowest BCUT2D eigenvalue weighted by molar-refractivity contribution is -0.110. The molecule has 2 rings (SSSR count). The molecular formula is C15H24N2O5S. The molecule has 130 valence electrons. The van der Waals surface area contributed by atoms with E-state index >= 15 is 0 Å². The van der Waals surface area contributed by atoms with Gasteiger partial charge in [0.25, 0.3) is 0 Å². The summed E-state index contributed by atoms with van der Waals surface area (Å²) in [6.07, 6.45) is 0.631. The molecule has 1 aromatic carbocycles. The van der Waals surface area contributed by atoms with Crippen molar-refractivity contribution in [2.45, 2.75) is 17.7 Å². The minimum atomic E-state index is -3.49. The third kappa shape index (κ3) is 4.42. The van der Waals surface area contributed by atoms with Crippen LogP contribution in [0.4, 0.5) is 0 Å². The number of nitrogens with zero attached hydrogens (tertiary/aromatic N) is 1. The summed E-state index contributed by atoms with van der Waals surface area (Å²) in [6, 6.07) is 7.00. The summed E-state index contributed by atoms with van der Waals surface area (Å²) in [5, 5.41) is 0.935. The number of hydroxylamine groups is 2. The average Bonchev–Trinajstić information content (AvgIpc) is 2.94. The van der Waals surface area contributed by atoms with E-state index in [1.807, 2.05) is 24.3 Å². The van der Waals surface area contributed by atoms with Gasteiger partial charge in [-0.1, -0.05) is 12.1 Å². The molecule has 0 radical (unpaired) electrons. The Morgan fingerprint density at radius 3 is 2.61 bits per heavy atom. The number of hydrogen-bond donors (Lipinski definition) is 1. The van der Waals surface area contributed by atoms with Crippen LogP contribution in [0.1, 0.15) is 18.0 Å². The van der Waals surface area contributed by atoms with E-state index in [0.29, 0.717) is 19.6 Å². The van der Waals surface area contributed by atoms with Crippen LogP contribution in [0.15, 0.2) is 24.3 Å². The topological polar surface area (TPSA) is 77.1 Å². The minimum Gasteiger partial charge on any atom is -0.497 e. The van der Waals surface area contributed by atoms with Gasteiger partial charge in [-0.25, -0.2) is 13.1 Å². The summed E-state index contributed by atoms with van der Waals surface area (Å²) in [5.41, 5.74) is 0.873. The maximum atomic E-state index is 12.6. The maximum absolute atomic E-state index is 12.6. The third-order valence-corrected chi connectivity index (χ3v) is 5.67. The lowest BCUT2D eigenvalue weighted by Crippen LogP contribution is -2.39. The highest BCUT2D eigenvalue weighted by atomic mass is 32.2. The van der Waals surface area contributed by atoms with E-state index in [1.54, 1.807) is 26.3 Å². The SMILES string of the molecule is COCCCNS(=O)(=O)C1CON(C)C1c1ccc(OC)cc1. The van der Waals surface area contributed by atoms with Gasteiger partial charge in [-0.15, -0.1) is 0 Å². The molecular weight excluding hydrogens is 320 g/mol. The largest absolute Gasteiger partial charge is 0.497 e. The quantitative estimate of drug-likeness (QED) is 0.707. The molecule has 1 aliphatic heterocycles. The Bertz CT molecular complexity index is 590. The number of sulfonamides is 1. The zero-order chi connectivity index (χ0) is 16.9. The highest BCUT2D eigenvalue weighted by molar-refractivity contribution is 7.90. The van der Waals surface area contributed by atoms with Gasteiger partial charge in [0.05, 0.1) is 19.8 Å². The van der Waals surface area contributed by atoms with E-state index in [0.717, 1.165) is 11.3 Å². The Balaban J connectivity index is 2.13. The van der Waals surface area contributed by atoms with Crippen LogP contribution in [0, 0.1) is 0 Å². The van der Waals surface area contributed by atoms with Crippen LogP contribution in [0.2, 0.25) is 0 Å². The predicted octanol–water partition coefficient (Wildman–Crippen LogP) is 0.938. The van der Waals surface area contributed by atoms with Crippen LogP contribution in [0.3, 0.4) is 0 Å². The molecule has 23 heavy (non-hydrogen) atoms. The number of rotatable bonds is 8. The molecule has 0 amide bonds. The molecule has 1 aromatic rings. The van der Waals surface area contributed by atoms with E-state index < -0.39 is 15.3 Å². The van der Waals surface area contributed by atoms with Gasteiger partial charge in [-0.05, 0) is 24.1 Å². The van der Waals surface area contributed by atoms with Crippen molar-refractivity contribution in [3.05, 3.63) is 29.8 Å². The van der Waals surface area contributed by atoms with Crippen molar-refractivity contribution in [3.63, 3.8) is 0 Å². The van der Waals surface area contributed by atoms with Gasteiger partial charge < -0.3 is 9.47 Å². The van der Waals surface area contributed by atoms with Crippen molar-refractivity contribution < 1.29 is 22.7 Å². The van der Waals surface area contributed by atoms with Crippen LogP contribution in [0.5, 0.6) is 5.75 Å². The lowest BCUT2D eigenvalue weighted by atomic mass is 10.0. The standard InChI is InChI=1S/C15H24N2O5S/c1-17-15(12-5-7-13(21-3)8-6-12)14(11-22-17)23(18,19)16-9-4-10-20-2/h5-8,14-16H,4,9-11H2,1-3H3. The van der Waals surface area contributed by atoms with E-state index in [2.05, 4.69) is 4.72 Å². The second-order valence-electron chi connectivity index (χ2n) is 5.38. The maximum Gasteiger partial charge on any atom is 0.218 e. The Morgan fingerprint density at radius 2 is 2.00 bits per heavy atom. The summed E-state index contributed by atoms with van der Waals surface area (Å²) < 4.78 is 37.8. The molecule has 2 atom stereocenters. The molecule has 1 saturated heterocycles. The highest BCUT2D eigenvalue weighted by Crippen LogP contribution is 2.33. The first-order chi connectivity index (χ1) is 11.0. The van der Waals surface area contributed by atoms with E-state index in [1.165, 1.54) is 0 Å². The van der Waals surface area contributed by atoms with Gasteiger partial charge in [0.2, 0.25) is 10.0 Å². The molecule has 8 heteroatoms. The summed E-state index contributed by atoms with van der Waals surface area (Å²) >= 11 is 0. The van der Waals surface area contributed by atoms with E-state index in [4.69, 9.17) is 14.3 Å². The molecule has 7 nitrogen and oxygen atoms in total. The van der Waals surface area contributed by atoms with Crippen LogP contribution >= 0.6 is 0 Å². The highest BCUT2D eigenvalue weighted by Gasteiger charge is 2.42. The summed E-state index contributed by atoms with van der Waals surface area (Å²) in [7, 11) is 1.44. The third-order valence-electron chi connectivity index (χ3n) is 3.87. The van der Waals surface area contributed by atoms with Crippen LogP contribution in [-0.4, -0.2) is 59.8 Å². The van der Waals surface area contributed by atoms with Crippen LogP contribution < -0.4 is 9.46 Å². The molecule has 1 N–H and O–H groups in total. The number of methoxy groups -OCH3 is 2. The summed E-state index contributed by atoms with van der Waals surface area (Å²) in [5.74, 6) is 0.729. The Kier molecular flexibility index (Phi) is 6.37. The van der Waals surface area contributed by atoms with Crippen molar-refractivity contribution in [2.24, 2.45) is 0 Å². The predicted molar refractivity (Wildman–Crippen MR) is 86.7 cm³/mol. The monoisotopic (exact) mass is 344 g/mol. The van der Waals surface area contributed by atoms with Crippen molar-refractivity contribution in [1.82, 2.24) is 9.79 Å². The number of nitrogens with one attached hydrogen (secondary N) is 1. The van der Waals surface area contributed by atoms with Gasteiger partial charge in [0, 0.05) is 27.3 Å². The Hall–Kier alpha value is -1.19. The molecule has 1 aliphatic rings. The normalized spacial score (nSPS) is 22.4. The van der Waals surface area contributed by atoms with Gasteiger partial charge in [-0.2, -0.15) is 5.06 Å². The zero-order valence-electron chi connectivity index (χ0n) is 13.7. The molecule has 0 aromatic heterocycles. The van der Waals surface area contributed by atoms with E-state index in [-0.39, 0.29) is 12.6 Å². The summed E-state index contributed by atoms with van der Waals surface area (Å²) in [4.78, 5) is 5.46. The van der Waals surface area contributed by atoms with Gasteiger partial charge in [0.15, 0.2) is 0 Å².